The molecule has 1 heteroatoms. The molecule has 3 atom stereocenters. The minimum atomic E-state index is 0.930. The molecule has 3 saturated carbocycles. The van der Waals surface area contributed by atoms with Crippen molar-refractivity contribution >= 4 is 0 Å². The smallest absolute Gasteiger partial charge is 0.0101 e. The van der Waals surface area contributed by atoms with Crippen molar-refractivity contribution in [3.8, 4) is 0 Å². The van der Waals surface area contributed by atoms with Crippen LogP contribution >= 0.6 is 0 Å². The van der Waals surface area contributed by atoms with Crippen molar-refractivity contribution in [1.82, 2.24) is 5.32 Å². The van der Waals surface area contributed by atoms with Crippen LogP contribution in [0.25, 0.3) is 0 Å². The molecule has 0 saturated heterocycles. The van der Waals surface area contributed by atoms with Gasteiger partial charge in [0.2, 0.25) is 0 Å². The van der Waals surface area contributed by atoms with E-state index in [-0.39, 0.29) is 0 Å². The second-order valence-corrected chi connectivity index (χ2v) is 4.72. The Morgan fingerprint density at radius 3 is 2.36 bits per heavy atom. The number of hydrogen-bond donors (Lipinski definition) is 1. The Balaban J connectivity index is 1.62. The highest BCUT2D eigenvalue weighted by Crippen LogP contribution is 2.45. The molecular weight excluding hydrogens is 134 g/mol. The predicted octanol–water partition coefficient (Wildman–Crippen LogP) is 1.93. The lowest BCUT2D eigenvalue weighted by atomic mass is 9.95. The van der Waals surface area contributed by atoms with Gasteiger partial charge in [-0.15, -0.1) is 0 Å². The number of nitrogens with one attached hydrogen (secondary N) is 1. The molecule has 0 spiro atoms. The molecule has 3 rings (SSSR count). The van der Waals surface area contributed by atoms with Crippen molar-refractivity contribution in [2.45, 2.75) is 50.6 Å². The third-order valence-corrected chi connectivity index (χ3v) is 3.77. The molecule has 0 heterocycles. The summed E-state index contributed by atoms with van der Waals surface area (Å²) in [4.78, 5) is 0. The SMILES string of the molecule is C1CC1N[C@H]1C[C@H]2CC[C@H]1C2. The lowest BCUT2D eigenvalue weighted by Gasteiger charge is -2.22. The van der Waals surface area contributed by atoms with Gasteiger partial charge in [0.05, 0.1) is 0 Å². The minimum absolute atomic E-state index is 0.930. The van der Waals surface area contributed by atoms with Crippen LogP contribution in [0.15, 0.2) is 0 Å². The summed E-state index contributed by atoms with van der Waals surface area (Å²) < 4.78 is 0. The maximum atomic E-state index is 3.78. The molecule has 0 aromatic heterocycles. The van der Waals surface area contributed by atoms with Gasteiger partial charge in [-0.2, -0.15) is 0 Å². The lowest BCUT2D eigenvalue weighted by Crippen LogP contribution is -2.35. The normalized spacial score (nSPS) is 48.5. The van der Waals surface area contributed by atoms with Crippen LogP contribution in [0, 0.1) is 11.8 Å². The summed E-state index contributed by atoms with van der Waals surface area (Å²) in [6, 6.07) is 1.86. The molecule has 0 radical (unpaired) electrons. The highest BCUT2D eigenvalue weighted by atomic mass is 15.0. The average Bonchev–Trinajstić information content (AvgIpc) is 2.61. The molecule has 1 nitrogen and oxygen atoms in total. The van der Waals surface area contributed by atoms with Gasteiger partial charge < -0.3 is 5.32 Å². The fraction of sp³-hybridized carbons (Fsp3) is 1.00. The first-order valence-electron chi connectivity index (χ1n) is 5.18. The van der Waals surface area contributed by atoms with Crippen LogP contribution in [0.2, 0.25) is 0 Å². The van der Waals surface area contributed by atoms with Crippen molar-refractivity contribution in [1.29, 1.82) is 0 Å². The number of fused-ring (bicyclic) bond motifs is 2. The Kier molecular flexibility index (Phi) is 1.31. The van der Waals surface area contributed by atoms with Crippen LogP contribution in [-0.4, -0.2) is 12.1 Å². The first-order chi connectivity index (χ1) is 5.42. The largest absolute Gasteiger partial charge is 0.311 e. The predicted molar refractivity (Wildman–Crippen MR) is 45.4 cm³/mol. The van der Waals surface area contributed by atoms with E-state index in [1.807, 2.05) is 0 Å². The molecular formula is C10H17N. The van der Waals surface area contributed by atoms with Crippen molar-refractivity contribution in [2.75, 3.05) is 0 Å². The van der Waals surface area contributed by atoms with E-state index in [1.54, 1.807) is 6.42 Å². The first kappa shape index (κ1) is 6.47. The lowest BCUT2D eigenvalue weighted by molar-refractivity contribution is 0.350. The van der Waals surface area contributed by atoms with Gasteiger partial charge in [-0.3, -0.25) is 0 Å². The van der Waals surface area contributed by atoms with Gasteiger partial charge in [0, 0.05) is 12.1 Å². The zero-order chi connectivity index (χ0) is 7.26. The monoisotopic (exact) mass is 151 g/mol. The second kappa shape index (κ2) is 2.22. The summed E-state index contributed by atoms with van der Waals surface area (Å²) in [5, 5.41) is 3.78. The number of hydrogen-bond acceptors (Lipinski definition) is 1. The summed E-state index contributed by atoms with van der Waals surface area (Å²) in [6.45, 7) is 0. The highest BCUT2D eigenvalue weighted by molar-refractivity contribution is 4.97. The van der Waals surface area contributed by atoms with Gasteiger partial charge in [0.15, 0.2) is 0 Å². The van der Waals surface area contributed by atoms with Gasteiger partial charge in [0.1, 0.15) is 0 Å². The van der Waals surface area contributed by atoms with E-state index in [4.69, 9.17) is 0 Å². The van der Waals surface area contributed by atoms with Crippen LogP contribution < -0.4 is 5.32 Å². The first-order valence-corrected chi connectivity index (χ1v) is 5.18. The Labute approximate surface area is 68.6 Å². The topological polar surface area (TPSA) is 12.0 Å². The zero-order valence-electron chi connectivity index (χ0n) is 7.05. The van der Waals surface area contributed by atoms with E-state index < -0.39 is 0 Å². The third kappa shape index (κ3) is 1.10. The van der Waals surface area contributed by atoms with E-state index in [1.165, 1.54) is 32.1 Å². The summed E-state index contributed by atoms with van der Waals surface area (Å²) >= 11 is 0. The van der Waals surface area contributed by atoms with E-state index in [0.29, 0.717) is 0 Å². The summed E-state index contributed by atoms with van der Waals surface area (Å²) in [5.41, 5.74) is 0. The quantitative estimate of drug-likeness (QED) is 0.636. The average molecular weight is 151 g/mol. The van der Waals surface area contributed by atoms with E-state index in [9.17, 15) is 0 Å². The molecule has 0 aromatic rings. The molecule has 1 N–H and O–H groups in total. The molecule has 0 aromatic carbocycles. The molecule has 3 aliphatic carbocycles. The third-order valence-electron chi connectivity index (χ3n) is 3.77. The fourth-order valence-electron chi connectivity index (χ4n) is 3.00. The molecule has 3 aliphatic rings. The van der Waals surface area contributed by atoms with Gasteiger partial charge >= 0.3 is 0 Å². The Morgan fingerprint density at radius 2 is 1.82 bits per heavy atom. The summed E-state index contributed by atoms with van der Waals surface area (Å²) in [5.74, 6) is 2.18. The fourth-order valence-corrected chi connectivity index (χ4v) is 3.00. The van der Waals surface area contributed by atoms with Crippen molar-refractivity contribution in [3.05, 3.63) is 0 Å². The van der Waals surface area contributed by atoms with Crippen molar-refractivity contribution < 1.29 is 0 Å². The Bertz CT molecular complexity index is 162. The minimum Gasteiger partial charge on any atom is -0.311 e. The van der Waals surface area contributed by atoms with Crippen molar-refractivity contribution in [3.63, 3.8) is 0 Å². The van der Waals surface area contributed by atoms with Crippen LogP contribution in [0.5, 0.6) is 0 Å². The second-order valence-electron chi connectivity index (χ2n) is 4.72. The van der Waals surface area contributed by atoms with Gasteiger partial charge in [-0.05, 0) is 43.9 Å². The van der Waals surface area contributed by atoms with Crippen molar-refractivity contribution in [2.24, 2.45) is 11.8 Å². The number of rotatable bonds is 2. The van der Waals surface area contributed by atoms with E-state index in [2.05, 4.69) is 5.32 Å². The standard InChI is InChI=1S/C10H17N/c1-2-8-5-7(1)6-10(8)11-9-3-4-9/h7-11H,1-6H2/t7-,8-,10-/m0/s1. The highest BCUT2D eigenvalue weighted by Gasteiger charge is 2.41. The Hall–Kier alpha value is -0.0400. The molecule has 62 valence electrons. The van der Waals surface area contributed by atoms with Crippen LogP contribution in [0.3, 0.4) is 0 Å². The van der Waals surface area contributed by atoms with Crippen LogP contribution in [-0.2, 0) is 0 Å². The maximum absolute atomic E-state index is 3.78. The van der Waals surface area contributed by atoms with Gasteiger partial charge in [-0.25, -0.2) is 0 Å². The molecule has 3 fully saturated rings. The summed E-state index contributed by atoms with van der Waals surface area (Å²) in [6.07, 6.45) is 9.01. The molecule has 11 heavy (non-hydrogen) atoms. The molecule has 0 aliphatic heterocycles. The Morgan fingerprint density at radius 1 is 0.909 bits per heavy atom. The zero-order valence-corrected chi connectivity index (χ0v) is 7.05. The van der Waals surface area contributed by atoms with Gasteiger partial charge in [0.25, 0.3) is 0 Å². The molecule has 2 bridgehead atoms. The summed E-state index contributed by atoms with van der Waals surface area (Å²) in [7, 11) is 0. The van der Waals surface area contributed by atoms with Crippen LogP contribution in [0.1, 0.15) is 38.5 Å². The van der Waals surface area contributed by atoms with E-state index >= 15 is 0 Å². The van der Waals surface area contributed by atoms with Gasteiger partial charge in [-0.1, -0.05) is 6.42 Å². The van der Waals surface area contributed by atoms with Crippen LogP contribution in [0.4, 0.5) is 0 Å². The molecule has 0 amide bonds. The molecule has 0 unspecified atom stereocenters. The maximum Gasteiger partial charge on any atom is 0.0101 e. The van der Waals surface area contributed by atoms with E-state index in [0.717, 1.165) is 23.9 Å².